The molecule has 1 aromatic carbocycles. The van der Waals surface area contributed by atoms with E-state index in [0.717, 1.165) is 45.0 Å². The van der Waals surface area contributed by atoms with E-state index in [9.17, 15) is 4.79 Å². The molecule has 0 radical (unpaired) electrons. The molecule has 2 aromatic rings. The van der Waals surface area contributed by atoms with E-state index in [2.05, 4.69) is 21.2 Å². The smallest absolute Gasteiger partial charge is 0.252 e. The predicted octanol–water partition coefficient (Wildman–Crippen LogP) is 3.65. The highest BCUT2D eigenvalue weighted by atomic mass is 79.9. The number of benzene rings is 1. The third-order valence-corrected chi connectivity index (χ3v) is 5.67. The van der Waals surface area contributed by atoms with Gasteiger partial charge in [-0.1, -0.05) is 15.9 Å². The average Bonchev–Trinajstić information content (AvgIpc) is 3.44. The first-order valence-electron chi connectivity index (χ1n) is 8.69. The van der Waals surface area contributed by atoms with E-state index < -0.39 is 0 Å². The van der Waals surface area contributed by atoms with Gasteiger partial charge in [-0.25, -0.2) is 0 Å². The Kier molecular flexibility index (Phi) is 4.09. The van der Waals surface area contributed by atoms with Gasteiger partial charge in [0.2, 0.25) is 0 Å². The van der Waals surface area contributed by atoms with Gasteiger partial charge in [0.15, 0.2) is 0 Å². The first-order chi connectivity index (χ1) is 11.6. The summed E-state index contributed by atoms with van der Waals surface area (Å²) in [4.78, 5) is 17.9. The van der Waals surface area contributed by atoms with E-state index in [4.69, 9.17) is 10.7 Å². The van der Waals surface area contributed by atoms with Gasteiger partial charge in [-0.2, -0.15) is 0 Å². The number of carbonyl (C=O) groups is 1. The van der Waals surface area contributed by atoms with Crippen LogP contribution in [0.1, 0.15) is 53.2 Å². The number of rotatable bonds is 5. The Hall–Kier alpha value is -1.46. The summed E-state index contributed by atoms with van der Waals surface area (Å²) in [5.74, 6) is 1.04. The molecule has 24 heavy (non-hydrogen) atoms. The maximum Gasteiger partial charge on any atom is 0.252 e. The van der Waals surface area contributed by atoms with Crippen molar-refractivity contribution < 1.29 is 4.79 Å². The summed E-state index contributed by atoms with van der Waals surface area (Å²) in [5, 5.41) is 4.09. The molecule has 1 unspecified atom stereocenters. The van der Waals surface area contributed by atoms with Gasteiger partial charge in [0, 0.05) is 34.1 Å². The van der Waals surface area contributed by atoms with Crippen molar-refractivity contribution in [3.05, 3.63) is 39.5 Å². The molecule has 1 aromatic heterocycles. The topological polar surface area (TPSA) is 68.0 Å². The molecule has 0 aliphatic heterocycles. The van der Waals surface area contributed by atoms with Gasteiger partial charge < -0.3 is 11.1 Å². The first-order valence-corrected chi connectivity index (χ1v) is 9.48. The van der Waals surface area contributed by atoms with Crippen molar-refractivity contribution in [2.24, 2.45) is 11.7 Å². The second-order valence-corrected chi connectivity index (χ2v) is 8.00. The normalized spacial score (nSPS) is 18.6. The van der Waals surface area contributed by atoms with Crippen LogP contribution >= 0.6 is 15.9 Å². The molecule has 4 rings (SSSR count). The van der Waals surface area contributed by atoms with Crippen LogP contribution < -0.4 is 11.1 Å². The van der Waals surface area contributed by atoms with Crippen LogP contribution in [-0.2, 0) is 0 Å². The molecule has 1 atom stereocenters. The summed E-state index contributed by atoms with van der Waals surface area (Å²) in [5.41, 5.74) is 9.64. The van der Waals surface area contributed by atoms with Crippen molar-refractivity contribution in [3.8, 4) is 0 Å². The number of nitrogens with two attached hydrogens (primary N) is 1. The van der Waals surface area contributed by atoms with Gasteiger partial charge in [0.1, 0.15) is 0 Å². The number of carbonyl (C=O) groups excluding carboxylic acids is 1. The summed E-state index contributed by atoms with van der Waals surface area (Å²) in [6, 6.07) is 6.05. The number of nitrogens with zero attached hydrogens (tertiary/aromatic N) is 1. The minimum atomic E-state index is -0.0118. The molecule has 5 heteroatoms. The van der Waals surface area contributed by atoms with Gasteiger partial charge in [-0.3, -0.25) is 9.78 Å². The maximum absolute atomic E-state index is 13.1. The minimum Gasteiger partial charge on any atom is -0.348 e. The van der Waals surface area contributed by atoms with Gasteiger partial charge >= 0.3 is 0 Å². The van der Waals surface area contributed by atoms with Crippen molar-refractivity contribution in [1.82, 2.24) is 10.3 Å². The van der Waals surface area contributed by atoms with Crippen LogP contribution in [0.2, 0.25) is 0 Å². The molecule has 2 aliphatic rings. The van der Waals surface area contributed by atoms with Crippen molar-refractivity contribution in [2.45, 2.75) is 44.6 Å². The second-order valence-electron chi connectivity index (χ2n) is 7.09. The molecule has 2 saturated carbocycles. The number of hydrogen-bond donors (Lipinski definition) is 2. The van der Waals surface area contributed by atoms with Crippen LogP contribution in [0.25, 0.3) is 10.9 Å². The quantitative estimate of drug-likeness (QED) is 0.822. The Morgan fingerprint density at radius 1 is 1.38 bits per heavy atom. The molecule has 2 fully saturated rings. The molecule has 0 saturated heterocycles. The van der Waals surface area contributed by atoms with Gasteiger partial charge in [0.25, 0.3) is 5.91 Å². The van der Waals surface area contributed by atoms with E-state index in [1.54, 1.807) is 0 Å². The summed E-state index contributed by atoms with van der Waals surface area (Å²) < 4.78 is 0.960. The molecular weight excluding hydrogens is 366 g/mol. The lowest BCUT2D eigenvalue weighted by atomic mass is 9.98. The number of pyridine rings is 1. The average molecular weight is 388 g/mol. The Balaban J connectivity index is 1.80. The van der Waals surface area contributed by atoms with Crippen LogP contribution in [0.3, 0.4) is 0 Å². The van der Waals surface area contributed by atoms with Crippen molar-refractivity contribution in [2.75, 3.05) is 6.54 Å². The van der Waals surface area contributed by atoms with E-state index in [1.165, 1.54) is 12.8 Å². The second kappa shape index (κ2) is 6.12. The van der Waals surface area contributed by atoms with E-state index in [0.29, 0.717) is 18.4 Å². The highest BCUT2D eigenvalue weighted by Crippen LogP contribution is 2.42. The molecule has 0 bridgehead atoms. The Bertz CT molecular complexity index is 812. The molecule has 0 spiro atoms. The fraction of sp³-hybridized carbons (Fsp3) is 0.474. The van der Waals surface area contributed by atoms with Gasteiger partial charge in [-0.15, -0.1) is 0 Å². The molecular formula is C19H22BrN3O. The lowest BCUT2D eigenvalue weighted by molar-refractivity contribution is 0.0934. The summed E-state index contributed by atoms with van der Waals surface area (Å²) in [6.07, 6.45) is 4.67. The number of halogens is 1. The van der Waals surface area contributed by atoms with Gasteiger partial charge in [0.05, 0.1) is 11.1 Å². The summed E-state index contributed by atoms with van der Waals surface area (Å²) in [6.45, 7) is 2.53. The van der Waals surface area contributed by atoms with Crippen molar-refractivity contribution >= 4 is 32.7 Å². The lowest BCUT2D eigenvalue weighted by Crippen LogP contribution is -2.42. The highest BCUT2D eigenvalue weighted by Gasteiger charge is 2.33. The van der Waals surface area contributed by atoms with Crippen LogP contribution in [0.4, 0.5) is 0 Å². The zero-order chi connectivity index (χ0) is 16.8. The Morgan fingerprint density at radius 2 is 2.12 bits per heavy atom. The van der Waals surface area contributed by atoms with Crippen LogP contribution in [0.15, 0.2) is 22.7 Å². The monoisotopic (exact) mass is 387 g/mol. The number of amides is 1. The number of nitrogens with one attached hydrogen (secondary N) is 1. The van der Waals surface area contributed by atoms with Crippen LogP contribution in [0, 0.1) is 12.8 Å². The molecule has 1 amide bonds. The van der Waals surface area contributed by atoms with E-state index >= 15 is 0 Å². The first kappa shape index (κ1) is 16.0. The van der Waals surface area contributed by atoms with E-state index in [-0.39, 0.29) is 11.9 Å². The third-order valence-electron chi connectivity index (χ3n) is 5.18. The Morgan fingerprint density at radius 3 is 2.75 bits per heavy atom. The van der Waals surface area contributed by atoms with Crippen molar-refractivity contribution in [1.29, 1.82) is 0 Å². The molecule has 3 N–H and O–H groups in total. The zero-order valence-corrected chi connectivity index (χ0v) is 15.4. The highest BCUT2D eigenvalue weighted by molar-refractivity contribution is 9.10. The maximum atomic E-state index is 13.1. The SMILES string of the molecule is Cc1c(C2CC2)nc2ccc(Br)cc2c1C(=O)NC(CN)C1CC1. The lowest BCUT2D eigenvalue weighted by Gasteiger charge is -2.19. The zero-order valence-electron chi connectivity index (χ0n) is 13.8. The molecule has 2 aliphatic carbocycles. The van der Waals surface area contributed by atoms with Crippen molar-refractivity contribution in [3.63, 3.8) is 0 Å². The van der Waals surface area contributed by atoms with Gasteiger partial charge in [-0.05, 0) is 62.3 Å². The van der Waals surface area contributed by atoms with Crippen LogP contribution in [-0.4, -0.2) is 23.5 Å². The number of hydrogen-bond acceptors (Lipinski definition) is 3. The molecule has 126 valence electrons. The number of aromatic nitrogens is 1. The fourth-order valence-electron chi connectivity index (χ4n) is 3.50. The van der Waals surface area contributed by atoms with E-state index in [1.807, 2.05) is 25.1 Å². The minimum absolute atomic E-state index is 0.0118. The standard InChI is InChI=1S/C19H22BrN3O/c1-10-17(19(24)23-16(9-21)11-2-3-11)14-8-13(20)6-7-15(14)22-18(10)12-4-5-12/h6-8,11-12,16H,2-5,9,21H2,1H3,(H,23,24). The Labute approximate surface area is 150 Å². The van der Waals surface area contributed by atoms with Crippen LogP contribution in [0.5, 0.6) is 0 Å². The fourth-order valence-corrected chi connectivity index (χ4v) is 3.87. The predicted molar refractivity (Wildman–Crippen MR) is 99.2 cm³/mol. The molecule has 1 heterocycles. The molecule has 4 nitrogen and oxygen atoms in total. The summed E-state index contributed by atoms with van der Waals surface area (Å²) in [7, 11) is 0. The summed E-state index contributed by atoms with van der Waals surface area (Å²) >= 11 is 3.52. The largest absolute Gasteiger partial charge is 0.348 e. The third kappa shape index (κ3) is 2.95. The number of fused-ring (bicyclic) bond motifs is 1.